The molecular weight excluding hydrogens is 282 g/mol. The predicted octanol–water partition coefficient (Wildman–Crippen LogP) is 2.96. The molecule has 1 aliphatic carbocycles. The fourth-order valence-electron chi connectivity index (χ4n) is 3.86. The Bertz CT molecular complexity index is 594. The van der Waals surface area contributed by atoms with Crippen molar-refractivity contribution in [2.45, 2.75) is 31.8 Å². The summed E-state index contributed by atoms with van der Waals surface area (Å²) in [5, 5.41) is 3.13. The Hall–Kier alpha value is -1.17. The second kappa shape index (κ2) is 5.55. The standard InChI is InChI=1S/C16H21N3OS/c17-14-4-1-3-11-7-19(9-13(11)14)8-12-10-21-16(18-12)15-5-2-6-20-15/h2,5-6,10-11,13-14H,1,3-4,7-9,17H2. The van der Waals surface area contributed by atoms with Crippen LogP contribution in [0.2, 0.25) is 0 Å². The van der Waals surface area contributed by atoms with E-state index >= 15 is 0 Å². The van der Waals surface area contributed by atoms with Crippen molar-refractivity contribution in [1.29, 1.82) is 0 Å². The summed E-state index contributed by atoms with van der Waals surface area (Å²) in [6.07, 6.45) is 5.55. The van der Waals surface area contributed by atoms with E-state index in [0.29, 0.717) is 12.0 Å². The number of furan rings is 1. The third kappa shape index (κ3) is 2.65. The molecule has 5 heteroatoms. The van der Waals surface area contributed by atoms with Gasteiger partial charge in [0.25, 0.3) is 0 Å². The molecular formula is C16H21N3OS. The smallest absolute Gasteiger partial charge is 0.162 e. The van der Waals surface area contributed by atoms with E-state index in [1.165, 1.54) is 25.8 Å². The van der Waals surface area contributed by atoms with Gasteiger partial charge in [0, 0.05) is 31.1 Å². The third-order valence-electron chi connectivity index (χ3n) is 4.90. The van der Waals surface area contributed by atoms with Crippen LogP contribution in [-0.2, 0) is 6.54 Å². The van der Waals surface area contributed by atoms with Gasteiger partial charge in [-0.15, -0.1) is 11.3 Å². The van der Waals surface area contributed by atoms with Gasteiger partial charge < -0.3 is 10.2 Å². The first-order valence-electron chi connectivity index (χ1n) is 7.76. The van der Waals surface area contributed by atoms with Crippen molar-refractivity contribution in [3.8, 4) is 10.8 Å². The van der Waals surface area contributed by atoms with E-state index in [-0.39, 0.29) is 0 Å². The number of nitrogens with two attached hydrogens (primary N) is 1. The van der Waals surface area contributed by atoms with Gasteiger partial charge in [0.05, 0.1) is 12.0 Å². The first-order valence-corrected chi connectivity index (χ1v) is 8.64. The van der Waals surface area contributed by atoms with Crippen molar-refractivity contribution >= 4 is 11.3 Å². The summed E-state index contributed by atoms with van der Waals surface area (Å²) in [6.45, 7) is 3.27. The number of nitrogens with zero attached hydrogens (tertiary/aromatic N) is 2. The number of hydrogen-bond donors (Lipinski definition) is 1. The number of likely N-dealkylation sites (tertiary alicyclic amines) is 1. The highest BCUT2D eigenvalue weighted by molar-refractivity contribution is 7.13. The van der Waals surface area contributed by atoms with Crippen LogP contribution in [0, 0.1) is 11.8 Å². The van der Waals surface area contributed by atoms with Crippen molar-refractivity contribution in [3.63, 3.8) is 0 Å². The predicted molar refractivity (Wildman–Crippen MR) is 83.9 cm³/mol. The second-order valence-electron chi connectivity index (χ2n) is 6.33. The molecule has 3 unspecified atom stereocenters. The van der Waals surface area contributed by atoms with E-state index in [1.54, 1.807) is 17.6 Å². The van der Waals surface area contributed by atoms with Crippen LogP contribution in [0.15, 0.2) is 28.2 Å². The number of hydrogen-bond acceptors (Lipinski definition) is 5. The molecule has 2 N–H and O–H groups in total. The van der Waals surface area contributed by atoms with Gasteiger partial charge in [0.1, 0.15) is 0 Å². The van der Waals surface area contributed by atoms with Crippen LogP contribution in [-0.4, -0.2) is 29.0 Å². The first kappa shape index (κ1) is 13.5. The van der Waals surface area contributed by atoms with Crippen molar-refractivity contribution in [1.82, 2.24) is 9.88 Å². The summed E-state index contributed by atoms with van der Waals surface area (Å²) < 4.78 is 5.41. The van der Waals surface area contributed by atoms with Crippen LogP contribution in [0.1, 0.15) is 25.0 Å². The zero-order valence-electron chi connectivity index (χ0n) is 12.1. The van der Waals surface area contributed by atoms with Gasteiger partial charge in [-0.3, -0.25) is 4.90 Å². The minimum atomic E-state index is 0.405. The molecule has 21 heavy (non-hydrogen) atoms. The van der Waals surface area contributed by atoms with E-state index in [0.717, 1.165) is 35.5 Å². The van der Waals surface area contributed by atoms with Gasteiger partial charge in [-0.25, -0.2) is 4.98 Å². The van der Waals surface area contributed by atoms with Crippen molar-refractivity contribution in [2.24, 2.45) is 17.6 Å². The molecule has 1 saturated carbocycles. The van der Waals surface area contributed by atoms with Gasteiger partial charge in [0.15, 0.2) is 10.8 Å². The highest BCUT2D eigenvalue weighted by Crippen LogP contribution is 2.36. The molecule has 2 aliphatic rings. The van der Waals surface area contributed by atoms with E-state index in [9.17, 15) is 0 Å². The average molecular weight is 303 g/mol. The minimum absolute atomic E-state index is 0.405. The highest BCUT2D eigenvalue weighted by atomic mass is 32.1. The topological polar surface area (TPSA) is 55.3 Å². The Morgan fingerprint density at radius 3 is 3.14 bits per heavy atom. The summed E-state index contributed by atoms with van der Waals surface area (Å²) in [6, 6.07) is 4.28. The molecule has 2 aromatic rings. The van der Waals surface area contributed by atoms with Gasteiger partial charge in [-0.1, -0.05) is 6.42 Å². The summed E-state index contributed by atoms with van der Waals surface area (Å²) in [7, 11) is 0. The Balaban J connectivity index is 1.43. The maximum absolute atomic E-state index is 6.29. The van der Waals surface area contributed by atoms with Gasteiger partial charge in [-0.2, -0.15) is 0 Å². The molecule has 4 rings (SSSR count). The lowest BCUT2D eigenvalue weighted by atomic mass is 9.78. The lowest BCUT2D eigenvalue weighted by molar-refractivity contribution is 0.259. The fraction of sp³-hybridized carbons (Fsp3) is 0.562. The zero-order valence-corrected chi connectivity index (χ0v) is 12.9. The lowest BCUT2D eigenvalue weighted by Crippen LogP contribution is -2.38. The second-order valence-corrected chi connectivity index (χ2v) is 7.19. The third-order valence-corrected chi connectivity index (χ3v) is 5.80. The quantitative estimate of drug-likeness (QED) is 0.947. The highest BCUT2D eigenvalue weighted by Gasteiger charge is 2.38. The molecule has 3 atom stereocenters. The molecule has 1 aliphatic heterocycles. The molecule has 0 amide bonds. The van der Waals surface area contributed by atoms with E-state index in [4.69, 9.17) is 15.1 Å². The van der Waals surface area contributed by atoms with E-state index in [1.807, 2.05) is 12.1 Å². The van der Waals surface area contributed by atoms with Crippen molar-refractivity contribution in [2.75, 3.05) is 13.1 Å². The fourth-order valence-corrected chi connectivity index (χ4v) is 4.64. The summed E-state index contributed by atoms with van der Waals surface area (Å²) in [4.78, 5) is 7.23. The van der Waals surface area contributed by atoms with Crippen LogP contribution >= 0.6 is 11.3 Å². The molecule has 0 spiro atoms. The Morgan fingerprint density at radius 1 is 1.38 bits per heavy atom. The molecule has 1 saturated heterocycles. The van der Waals surface area contributed by atoms with Crippen LogP contribution in [0.5, 0.6) is 0 Å². The lowest BCUT2D eigenvalue weighted by Gasteiger charge is -2.29. The summed E-state index contributed by atoms with van der Waals surface area (Å²) >= 11 is 1.66. The average Bonchev–Trinajstić information content (AvgIpc) is 3.18. The minimum Gasteiger partial charge on any atom is -0.462 e. The van der Waals surface area contributed by atoms with Crippen LogP contribution in [0.3, 0.4) is 0 Å². The van der Waals surface area contributed by atoms with Crippen molar-refractivity contribution < 1.29 is 4.42 Å². The first-order chi connectivity index (χ1) is 10.3. The largest absolute Gasteiger partial charge is 0.462 e. The summed E-state index contributed by atoms with van der Waals surface area (Å²) in [5.41, 5.74) is 7.44. The number of aromatic nitrogens is 1. The van der Waals surface area contributed by atoms with Gasteiger partial charge in [-0.05, 0) is 36.8 Å². The number of rotatable bonds is 3. The van der Waals surface area contributed by atoms with Crippen LogP contribution in [0.4, 0.5) is 0 Å². The molecule has 2 fully saturated rings. The molecule has 0 bridgehead atoms. The Labute approximate surface area is 129 Å². The molecule has 3 heterocycles. The van der Waals surface area contributed by atoms with E-state index in [2.05, 4.69) is 10.3 Å². The van der Waals surface area contributed by atoms with Crippen molar-refractivity contribution in [3.05, 3.63) is 29.5 Å². The maximum Gasteiger partial charge on any atom is 0.162 e. The number of fused-ring (bicyclic) bond motifs is 1. The summed E-state index contributed by atoms with van der Waals surface area (Å²) in [5.74, 6) is 2.36. The van der Waals surface area contributed by atoms with Gasteiger partial charge in [0.2, 0.25) is 0 Å². The molecule has 4 nitrogen and oxygen atoms in total. The Kier molecular flexibility index (Phi) is 3.57. The SMILES string of the molecule is NC1CCCC2CN(Cc3csc(-c4ccco4)n3)CC12. The van der Waals surface area contributed by atoms with Gasteiger partial charge >= 0.3 is 0 Å². The van der Waals surface area contributed by atoms with Crippen LogP contribution < -0.4 is 5.73 Å². The Morgan fingerprint density at radius 2 is 2.33 bits per heavy atom. The van der Waals surface area contributed by atoms with E-state index < -0.39 is 0 Å². The maximum atomic E-state index is 6.29. The molecule has 112 valence electrons. The normalized spacial score (nSPS) is 29.7. The number of thiazole rings is 1. The monoisotopic (exact) mass is 303 g/mol. The molecule has 2 aromatic heterocycles. The molecule has 0 aromatic carbocycles. The molecule has 0 radical (unpaired) electrons. The zero-order chi connectivity index (χ0) is 14.2. The van der Waals surface area contributed by atoms with Crippen LogP contribution in [0.25, 0.3) is 10.8 Å².